The lowest BCUT2D eigenvalue weighted by molar-refractivity contribution is 0.0532. The third kappa shape index (κ3) is 3.31. The molecular formula is C17H20N2O2S. The average Bonchev–Trinajstić information content (AvgIpc) is 2.89. The first-order chi connectivity index (χ1) is 10.6. The van der Waals surface area contributed by atoms with Crippen molar-refractivity contribution in [2.24, 2.45) is 0 Å². The minimum atomic E-state index is -0.294. The zero-order chi connectivity index (χ0) is 16.1. The second-order valence-electron chi connectivity index (χ2n) is 4.76. The van der Waals surface area contributed by atoms with Gasteiger partial charge in [-0.1, -0.05) is 12.2 Å². The number of fused-ring (bicyclic) bond motifs is 1. The van der Waals surface area contributed by atoms with E-state index in [1.165, 1.54) is 11.3 Å². The Balaban J connectivity index is 2.44. The summed E-state index contributed by atoms with van der Waals surface area (Å²) in [5.74, 6) is -0.294. The molecule has 0 fully saturated rings. The fourth-order valence-electron chi connectivity index (χ4n) is 2.25. The molecule has 0 saturated heterocycles. The molecule has 0 spiro atoms. The number of carbonyl (C=O) groups is 1. The molecule has 0 saturated carbocycles. The normalized spacial score (nSPS) is 10.4. The molecule has 0 radical (unpaired) electrons. The quantitative estimate of drug-likeness (QED) is 0.479. The summed E-state index contributed by atoms with van der Waals surface area (Å²) in [7, 11) is 0. The largest absolute Gasteiger partial charge is 0.462 e. The maximum absolute atomic E-state index is 11.8. The monoisotopic (exact) mass is 316 g/mol. The lowest BCUT2D eigenvalue weighted by Crippen LogP contribution is -2.24. The van der Waals surface area contributed by atoms with Crippen LogP contribution in [0.4, 0.5) is 11.4 Å². The fourth-order valence-corrected chi connectivity index (χ4v) is 3.22. The summed E-state index contributed by atoms with van der Waals surface area (Å²) in [6.07, 6.45) is 3.65. The van der Waals surface area contributed by atoms with E-state index in [2.05, 4.69) is 18.1 Å². The molecule has 0 amide bonds. The highest BCUT2D eigenvalue weighted by atomic mass is 32.1. The van der Waals surface area contributed by atoms with Crippen LogP contribution >= 0.6 is 11.3 Å². The van der Waals surface area contributed by atoms with Gasteiger partial charge < -0.3 is 15.4 Å². The number of nitrogen functional groups attached to an aromatic ring is 1. The van der Waals surface area contributed by atoms with Crippen molar-refractivity contribution >= 4 is 38.8 Å². The summed E-state index contributed by atoms with van der Waals surface area (Å²) in [4.78, 5) is 14.5. The third-order valence-corrected chi connectivity index (χ3v) is 4.26. The van der Waals surface area contributed by atoms with Crippen molar-refractivity contribution in [1.29, 1.82) is 0 Å². The van der Waals surface area contributed by atoms with Crippen LogP contribution in [0.15, 0.2) is 43.5 Å². The molecule has 0 atom stereocenters. The van der Waals surface area contributed by atoms with E-state index < -0.39 is 0 Å². The van der Waals surface area contributed by atoms with E-state index in [1.54, 1.807) is 6.92 Å². The zero-order valence-electron chi connectivity index (χ0n) is 12.7. The van der Waals surface area contributed by atoms with Crippen LogP contribution in [0.25, 0.3) is 10.1 Å². The van der Waals surface area contributed by atoms with Crippen molar-refractivity contribution in [2.75, 3.05) is 30.3 Å². The Morgan fingerprint density at radius 1 is 1.32 bits per heavy atom. The maximum Gasteiger partial charge on any atom is 0.348 e. The predicted molar refractivity (Wildman–Crippen MR) is 94.8 cm³/mol. The number of nitrogens with zero attached hydrogens (tertiary/aromatic N) is 1. The minimum Gasteiger partial charge on any atom is -0.462 e. The third-order valence-electron chi connectivity index (χ3n) is 3.18. The molecule has 0 aliphatic carbocycles. The minimum absolute atomic E-state index is 0.294. The van der Waals surface area contributed by atoms with E-state index in [9.17, 15) is 4.79 Å². The molecule has 4 nitrogen and oxygen atoms in total. The number of hydrogen-bond acceptors (Lipinski definition) is 5. The molecule has 116 valence electrons. The van der Waals surface area contributed by atoms with Crippen LogP contribution in [0.2, 0.25) is 0 Å². The van der Waals surface area contributed by atoms with Gasteiger partial charge in [0, 0.05) is 17.8 Å². The van der Waals surface area contributed by atoms with Gasteiger partial charge in [0.1, 0.15) is 4.88 Å². The maximum atomic E-state index is 11.8. The van der Waals surface area contributed by atoms with Crippen LogP contribution in [0.1, 0.15) is 16.6 Å². The Kier molecular flexibility index (Phi) is 5.22. The van der Waals surface area contributed by atoms with E-state index in [0.717, 1.165) is 15.8 Å². The number of anilines is 2. The van der Waals surface area contributed by atoms with Crippen LogP contribution < -0.4 is 10.6 Å². The van der Waals surface area contributed by atoms with Crippen LogP contribution in [0, 0.1) is 0 Å². The smallest absolute Gasteiger partial charge is 0.348 e. The first-order valence-electron chi connectivity index (χ1n) is 7.07. The van der Waals surface area contributed by atoms with Crippen molar-refractivity contribution in [3.8, 4) is 0 Å². The van der Waals surface area contributed by atoms with Crippen LogP contribution in [-0.4, -0.2) is 25.7 Å². The molecular weight excluding hydrogens is 296 g/mol. The number of nitrogens with two attached hydrogens (primary N) is 1. The Hall–Kier alpha value is -2.27. The summed E-state index contributed by atoms with van der Waals surface area (Å²) in [5, 5.41) is 0.950. The van der Waals surface area contributed by atoms with Gasteiger partial charge in [0.25, 0.3) is 0 Å². The number of ether oxygens (including phenoxy) is 1. The molecule has 2 rings (SSSR count). The van der Waals surface area contributed by atoms with Crippen molar-refractivity contribution in [1.82, 2.24) is 0 Å². The number of rotatable bonds is 7. The summed E-state index contributed by atoms with van der Waals surface area (Å²) in [6, 6.07) is 5.72. The van der Waals surface area contributed by atoms with Crippen LogP contribution in [0.5, 0.6) is 0 Å². The number of carbonyl (C=O) groups excluding carboxylic acids is 1. The predicted octanol–water partition coefficient (Wildman–Crippen LogP) is 3.84. The lowest BCUT2D eigenvalue weighted by Gasteiger charge is -2.23. The lowest BCUT2D eigenvalue weighted by atomic mass is 10.2. The Labute approximate surface area is 134 Å². The van der Waals surface area contributed by atoms with Crippen molar-refractivity contribution < 1.29 is 9.53 Å². The molecule has 1 aromatic heterocycles. The Bertz CT molecular complexity index is 696. The van der Waals surface area contributed by atoms with Gasteiger partial charge in [-0.15, -0.1) is 24.5 Å². The van der Waals surface area contributed by atoms with Gasteiger partial charge in [0.15, 0.2) is 0 Å². The topological polar surface area (TPSA) is 55.6 Å². The van der Waals surface area contributed by atoms with Crippen molar-refractivity contribution in [3.63, 3.8) is 0 Å². The van der Waals surface area contributed by atoms with Gasteiger partial charge in [0.2, 0.25) is 0 Å². The molecule has 1 heterocycles. The van der Waals surface area contributed by atoms with Crippen LogP contribution in [0.3, 0.4) is 0 Å². The number of hydrogen-bond donors (Lipinski definition) is 1. The zero-order valence-corrected chi connectivity index (χ0v) is 13.5. The second kappa shape index (κ2) is 7.13. The molecule has 0 unspecified atom stereocenters. The molecule has 0 aliphatic heterocycles. The second-order valence-corrected chi connectivity index (χ2v) is 5.85. The summed E-state index contributed by atoms with van der Waals surface area (Å²) >= 11 is 1.41. The summed E-state index contributed by atoms with van der Waals surface area (Å²) in [6.45, 7) is 11.1. The molecule has 1 aromatic carbocycles. The van der Waals surface area contributed by atoms with E-state index >= 15 is 0 Å². The van der Waals surface area contributed by atoms with Gasteiger partial charge in [-0.05, 0) is 30.5 Å². The van der Waals surface area contributed by atoms with Crippen molar-refractivity contribution in [2.45, 2.75) is 6.92 Å². The fraction of sp³-hybridized carbons (Fsp3) is 0.235. The Morgan fingerprint density at radius 2 is 2.00 bits per heavy atom. The molecule has 0 bridgehead atoms. The molecule has 2 aromatic rings. The van der Waals surface area contributed by atoms with Crippen molar-refractivity contribution in [3.05, 3.63) is 48.4 Å². The van der Waals surface area contributed by atoms with Gasteiger partial charge >= 0.3 is 5.97 Å². The van der Waals surface area contributed by atoms with E-state index in [-0.39, 0.29) is 5.97 Å². The molecule has 0 aliphatic rings. The average molecular weight is 316 g/mol. The van der Waals surface area contributed by atoms with Gasteiger partial charge in [-0.2, -0.15) is 0 Å². The first kappa shape index (κ1) is 16.1. The molecule has 2 N–H and O–H groups in total. The Morgan fingerprint density at radius 3 is 2.59 bits per heavy atom. The van der Waals surface area contributed by atoms with E-state index in [1.807, 2.05) is 30.4 Å². The first-order valence-corrected chi connectivity index (χ1v) is 7.89. The molecule has 5 heteroatoms. The number of thiophene rings is 1. The van der Waals surface area contributed by atoms with Gasteiger partial charge in [-0.25, -0.2) is 4.79 Å². The van der Waals surface area contributed by atoms with E-state index in [4.69, 9.17) is 10.5 Å². The highest BCUT2D eigenvalue weighted by molar-refractivity contribution is 7.20. The van der Waals surface area contributed by atoms with Crippen LogP contribution in [-0.2, 0) is 4.74 Å². The highest BCUT2D eigenvalue weighted by Gasteiger charge is 2.14. The van der Waals surface area contributed by atoms with E-state index in [0.29, 0.717) is 30.3 Å². The van der Waals surface area contributed by atoms with Gasteiger partial charge in [-0.3, -0.25) is 0 Å². The highest BCUT2D eigenvalue weighted by Crippen LogP contribution is 2.34. The number of esters is 1. The summed E-state index contributed by atoms with van der Waals surface area (Å²) in [5.41, 5.74) is 7.76. The molecule has 22 heavy (non-hydrogen) atoms. The number of benzene rings is 1. The SMILES string of the molecule is C=CCN(CC=C)c1cc2sc(C(=O)OCC)cc2cc1N. The summed E-state index contributed by atoms with van der Waals surface area (Å²) < 4.78 is 6.05. The standard InChI is InChI=1S/C17H20N2O2S/c1-4-7-19(8-5-2)14-11-15-12(9-13(14)18)10-16(22-15)17(20)21-6-3/h4-5,9-11H,1-2,6-8,18H2,3H3. The van der Waals surface area contributed by atoms with Gasteiger partial charge in [0.05, 0.1) is 18.0 Å².